The molecule has 0 fully saturated rings. The number of rotatable bonds is 2. The Kier molecular flexibility index (Phi) is 2.92. The quantitative estimate of drug-likeness (QED) is 0.595. The number of hydrogen-bond acceptors (Lipinski definition) is 3. The highest BCUT2D eigenvalue weighted by atomic mass is 35.5. The molecule has 0 atom stereocenters. The van der Waals surface area contributed by atoms with Crippen LogP contribution in [0, 0.1) is 5.82 Å². The second-order valence-electron chi connectivity index (χ2n) is 3.07. The smallest absolute Gasteiger partial charge is 0.222 e. The molecule has 0 aliphatic heterocycles. The van der Waals surface area contributed by atoms with Crippen LogP contribution in [0.1, 0.15) is 10.4 Å². The number of benzene rings is 1. The second-order valence-corrected chi connectivity index (χ2v) is 3.41. The topological polar surface area (TPSA) is 42.9 Å². The lowest BCUT2D eigenvalue weighted by atomic mass is 10.1. The average Bonchev–Trinajstić information content (AvgIpc) is 2.30. The van der Waals surface area contributed by atoms with Gasteiger partial charge in [0.05, 0.1) is 5.69 Å². The molecule has 16 heavy (non-hydrogen) atoms. The van der Waals surface area contributed by atoms with Crippen molar-refractivity contribution < 1.29 is 9.18 Å². The van der Waals surface area contributed by atoms with Crippen molar-refractivity contribution in [1.82, 2.24) is 9.97 Å². The van der Waals surface area contributed by atoms with Gasteiger partial charge >= 0.3 is 0 Å². The highest BCUT2D eigenvalue weighted by Crippen LogP contribution is 2.22. The fraction of sp³-hybridized carbons (Fsp3) is 0. The van der Waals surface area contributed by atoms with Gasteiger partial charge in [0, 0.05) is 17.3 Å². The van der Waals surface area contributed by atoms with Gasteiger partial charge in [-0.2, -0.15) is 0 Å². The molecule has 0 amide bonds. The molecule has 1 heterocycles. The molecule has 1 aromatic heterocycles. The Labute approximate surface area is 95.9 Å². The van der Waals surface area contributed by atoms with Crippen LogP contribution in [0.5, 0.6) is 0 Å². The lowest BCUT2D eigenvalue weighted by Crippen LogP contribution is -1.92. The van der Waals surface area contributed by atoms with Crippen LogP contribution >= 0.6 is 11.6 Å². The summed E-state index contributed by atoms with van der Waals surface area (Å²) in [5.41, 5.74) is 0.959. The van der Waals surface area contributed by atoms with Crippen molar-refractivity contribution in [1.29, 1.82) is 0 Å². The Morgan fingerprint density at radius 2 is 2.12 bits per heavy atom. The van der Waals surface area contributed by atoms with E-state index in [4.69, 9.17) is 11.6 Å². The molecule has 0 spiro atoms. The van der Waals surface area contributed by atoms with Crippen LogP contribution in [-0.4, -0.2) is 16.3 Å². The molecule has 0 aliphatic carbocycles. The highest BCUT2D eigenvalue weighted by Gasteiger charge is 2.08. The Bertz CT molecular complexity index is 545. The number of aromatic nitrogens is 2. The molecule has 0 unspecified atom stereocenters. The number of carbonyl (C=O) groups excluding carboxylic acids is 1. The Morgan fingerprint density at radius 3 is 2.81 bits per heavy atom. The summed E-state index contributed by atoms with van der Waals surface area (Å²) in [7, 11) is 0. The van der Waals surface area contributed by atoms with Gasteiger partial charge in [0.1, 0.15) is 12.1 Å². The second kappa shape index (κ2) is 4.37. The molecule has 0 bridgehead atoms. The van der Waals surface area contributed by atoms with Crippen LogP contribution in [0.3, 0.4) is 0 Å². The van der Waals surface area contributed by atoms with Gasteiger partial charge in [-0.05, 0) is 35.9 Å². The lowest BCUT2D eigenvalue weighted by Gasteiger charge is -2.03. The van der Waals surface area contributed by atoms with E-state index in [0.29, 0.717) is 17.5 Å². The van der Waals surface area contributed by atoms with Crippen molar-refractivity contribution in [2.24, 2.45) is 0 Å². The maximum Gasteiger partial charge on any atom is 0.222 e. The molecule has 0 saturated heterocycles. The number of nitrogens with zero attached hydrogens (tertiary/aromatic N) is 2. The van der Waals surface area contributed by atoms with Gasteiger partial charge in [-0.15, -0.1) is 0 Å². The number of carbonyl (C=O) groups is 1. The molecule has 2 aromatic rings. The zero-order chi connectivity index (χ0) is 11.5. The summed E-state index contributed by atoms with van der Waals surface area (Å²) in [4.78, 5) is 18.2. The van der Waals surface area contributed by atoms with Crippen molar-refractivity contribution in [2.45, 2.75) is 0 Å². The van der Waals surface area contributed by atoms with E-state index in [0.717, 1.165) is 0 Å². The van der Waals surface area contributed by atoms with E-state index in [1.165, 1.54) is 30.5 Å². The van der Waals surface area contributed by atoms with E-state index in [1.54, 1.807) is 0 Å². The molecular weight excluding hydrogens is 231 g/mol. The van der Waals surface area contributed by atoms with E-state index < -0.39 is 5.82 Å². The molecule has 0 radical (unpaired) electrons. The van der Waals surface area contributed by atoms with Crippen LogP contribution in [0.4, 0.5) is 4.39 Å². The maximum absolute atomic E-state index is 13.5. The highest BCUT2D eigenvalue weighted by molar-refractivity contribution is 6.28. The van der Waals surface area contributed by atoms with Crippen LogP contribution in [0.2, 0.25) is 5.28 Å². The van der Waals surface area contributed by atoms with Crippen molar-refractivity contribution >= 4 is 17.9 Å². The molecular formula is C11H6ClFN2O. The Morgan fingerprint density at radius 1 is 1.31 bits per heavy atom. The molecule has 5 heteroatoms. The van der Waals surface area contributed by atoms with E-state index in [-0.39, 0.29) is 10.8 Å². The lowest BCUT2D eigenvalue weighted by molar-refractivity contribution is 0.112. The van der Waals surface area contributed by atoms with Crippen molar-refractivity contribution in [3.63, 3.8) is 0 Å². The zero-order valence-electron chi connectivity index (χ0n) is 8.02. The summed E-state index contributed by atoms with van der Waals surface area (Å²) in [6.07, 6.45) is 2.07. The SMILES string of the molecule is O=Cc1ccc(F)c(-c2ccnc(Cl)n2)c1. The summed E-state index contributed by atoms with van der Waals surface area (Å²) in [5.74, 6) is -0.458. The first kappa shape index (κ1) is 10.7. The van der Waals surface area contributed by atoms with Gasteiger partial charge in [0.25, 0.3) is 0 Å². The predicted molar refractivity (Wildman–Crippen MR) is 57.8 cm³/mol. The number of aldehydes is 1. The molecule has 0 N–H and O–H groups in total. The van der Waals surface area contributed by atoms with Crippen molar-refractivity contribution in [3.8, 4) is 11.3 Å². The normalized spacial score (nSPS) is 10.1. The first-order valence-electron chi connectivity index (χ1n) is 4.44. The fourth-order valence-corrected chi connectivity index (χ4v) is 1.44. The van der Waals surface area contributed by atoms with Crippen LogP contribution in [0.15, 0.2) is 30.5 Å². The van der Waals surface area contributed by atoms with Gasteiger partial charge in [-0.3, -0.25) is 4.79 Å². The third kappa shape index (κ3) is 2.06. The molecule has 80 valence electrons. The van der Waals surface area contributed by atoms with E-state index >= 15 is 0 Å². The Balaban J connectivity index is 2.58. The number of halogens is 2. The van der Waals surface area contributed by atoms with E-state index in [1.807, 2.05) is 0 Å². The Hall–Kier alpha value is -1.81. The largest absolute Gasteiger partial charge is 0.298 e. The van der Waals surface area contributed by atoms with Gasteiger partial charge < -0.3 is 0 Å². The summed E-state index contributed by atoms with van der Waals surface area (Å²) in [6, 6.07) is 5.56. The zero-order valence-corrected chi connectivity index (χ0v) is 8.78. The van der Waals surface area contributed by atoms with E-state index in [9.17, 15) is 9.18 Å². The minimum atomic E-state index is -0.458. The first-order valence-corrected chi connectivity index (χ1v) is 4.82. The minimum Gasteiger partial charge on any atom is -0.298 e. The summed E-state index contributed by atoms with van der Waals surface area (Å²) < 4.78 is 13.5. The van der Waals surface area contributed by atoms with E-state index in [2.05, 4.69) is 9.97 Å². The summed E-state index contributed by atoms with van der Waals surface area (Å²) in [6.45, 7) is 0. The first-order chi connectivity index (χ1) is 7.70. The maximum atomic E-state index is 13.5. The molecule has 0 saturated carbocycles. The van der Waals surface area contributed by atoms with Crippen LogP contribution in [-0.2, 0) is 0 Å². The average molecular weight is 237 g/mol. The summed E-state index contributed by atoms with van der Waals surface area (Å²) >= 11 is 5.61. The molecule has 1 aromatic carbocycles. The molecule has 2 rings (SSSR count). The fourth-order valence-electron chi connectivity index (χ4n) is 1.30. The molecule has 0 aliphatic rings. The summed E-state index contributed by atoms with van der Waals surface area (Å²) in [5, 5.41) is 0.0356. The van der Waals surface area contributed by atoms with Crippen LogP contribution < -0.4 is 0 Å². The molecule has 3 nitrogen and oxygen atoms in total. The van der Waals surface area contributed by atoms with Gasteiger partial charge in [-0.25, -0.2) is 14.4 Å². The number of hydrogen-bond donors (Lipinski definition) is 0. The van der Waals surface area contributed by atoms with Gasteiger partial charge in [-0.1, -0.05) is 0 Å². The van der Waals surface area contributed by atoms with Gasteiger partial charge in [0.2, 0.25) is 5.28 Å². The predicted octanol–water partition coefficient (Wildman–Crippen LogP) is 2.75. The van der Waals surface area contributed by atoms with Gasteiger partial charge in [0.15, 0.2) is 0 Å². The minimum absolute atomic E-state index is 0.0356. The third-order valence-electron chi connectivity index (χ3n) is 2.03. The third-order valence-corrected chi connectivity index (χ3v) is 2.21. The monoisotopic (exact) mass is 236 g/mol. The van der Waals surface area contributed by atoms with Crippen molar-refractivity contribution in [2.75, 3.05) is 0 Å². The van der Waals surface area contributed by atoms with Crippen molar-refractivity contribution in [3.05, 3.63) is 47.1 Å². The standard InChI is InChI=1S/C11H6ClFN2O/c12-11-14-4-3-10(15-11)8-5-7(6-16)1-2-9(8)13/h1-6H. The van der Waals surface area contributed by atoms with Crippen LogP contribution in [0.25, 0.3) is 11.3 Å².